The summed E-state index contributed by atoms with van der Waals surface area (Å²) in [6.07, 6.45) is -27.4. The van der Waals surface area contributed by atoms with E-state index in [0.29, 0.717) is 6.26 Å². The van der Waals surface area contributed by atoms with E-state index >= 15 is 0 Å². The summed E-state index contributed by atoms with van der Waals surface area (Å²) in [6, 6.07) is -1.32. The first-order valence-electron chi connectivity index (χ1n) is 10.0. The molecular weight excluding hydrogens is 560 g/mol. The Morgan fingerprint density at radius 1 is 0.684 bits per heavy atom. The van der Waals surface area contributed by atoms with E-state index in [1.165, 1.54) is 0 Å². The number of ether oxygens (including phenoxy) is 4. The molecule has 1 rings (SSSR count). The quantitative estimate of drug-likeness (QED) is 0.138. The van der Waals surface area contributed by atoms with E-state index in [4.69, 9.17) is 0 Å². The fourth-order valence-corrected chi connectivity index (χ4v) is 3.06. The van der Waals surface area contributed by atoms with Gasteiger partial charge in [0, 0.05) is 11.1 Å². The normalized spacial score (nSPS) is 14.2. The van der Waals surface area contributed by atoms with E-state index < -0.39 is 72.0 Å². The minimum Gasteiger partial charge on any atom is -0.499 e. The van der Waals surface area contributed by atoms with Crippen molar-refractivity contribution in [2.45, 2.75) is 62.3 Å². The second kappa shape index (κ2) is 10.7. The molecule has 17 heteroatoms. The number of halogens is 12. The summed E-state index contributed by atoms with van der Waals surface area (Å²) in [5.74, 6) is 0. The molecule has 0 aliphatic heterocycles. The van der Waals surface area contributed by atoms with E-state index in [9.17, 15) is 57.5 Å². The summed E-state index contributed by atoms with van der Waals surface area (Å²) in [7, 11) is 0. The Balaban J connectivity index is 3.84. The summed E-state index contributed by atoms with van der Waals surface area (Å²) in [6.45, 7) is 3.98. The Morgan fingerprint density at radius 2 is 1.05 bits per heavy atom. The van der Waals surface area contributed by atoms with Gasteiger partial charge in [0.05, 0.1) is 12.9 Å². The third-order valence-corrected chi connectivity index (χ3v) is 4.56. The van der Waals surface area contributed by atoms with Crippen LogP contribution in [0.25, 0.3) is 0 Å². The van der Waals surface area contributed by atoms with Crippen LogP contribution < -0.4 is 0 Å². The van der Waals surface area contributed by atoms with Crippen LogP contribution >= 0.6 is 0 Å². The first-order valence-corrected chi connectivity index (χ1v) is 10.0. The molecule has 0 saturated carbocycles. The Morgan fingerprint density at radius 3 is 1.37 bits per heavy atom. The van der Waals surface area contributed by atoms with Crippen molar-refractivity contribution in [1.29, 1.82) is 0 Å². The fourth-order valence-electron chi connectivity index (χ4n) is 3.06. The molecule has 5 nitrogen and oxygen atoms in total. The second-order valence-corrected chi connectivity index (χ2v) is 8.38. The summed E-state index contributed by atoms with van der Waals surface area (Å²) < 4.78 is 182. The lowest BCUT2D eigenvalue weighted by Gasteiger charge is -2.39. The lowest BCUT2D eigenvalue weighted by Crippen LogP contribution is -2.58. The standard InChI is InChI=1S/C21H20F12O5/c1-5-35-10-11-36-16(18(22,23)24,19(25,26)27)12-6-8-13(9-7-12)17(20(28,29)30,21(31,32)33)38-14(34)37-15(2,3)4/h5-9H,1,10-11H2,2-4H3. The number of hydrogen-bond acceptors (Lipinski definition) is 5. The Kier molecular flexibility index (Phi) is 9.37. The molecule has 1 aromatic carbocycles. The molecule has 0 aliphatic carbocycles. The highest BCUT2D eigenvalue weighted by Gasteiger charge is 2.77. The highest BCUT2D eigenvalue weighted by atomic mass is 19.4. The second-order valence-electron chi connectivity index (χ2n) is 8.38. The molecule has 0 N–H and O–H groups in total. The number of benzene rings is 1. The monoisotopic (exact) mass is 580 g/mol. The van der Waals surface area contributed by atoms with E-state index in [1.807, 2.05) is 0 Å². The molecule has 0 fully saturated rings. The third kappa shape index (κ3) is 6.58. The van der Waals surface area contributed by atoms with Crippen molar-refractivity contribution in [3.05, 3.63) is 48.2 Å². The van der Waals surface area contributed by atoms with Crippen molar-refractivity contribution in [1.82, 2.24) is 0 Å². The maximum absolute atomic E-state index is 13.8. The van der Waals surface area contributed by atoms with Crippen molar-refractivity contribution in [2.75, 3.05) is 13.2 Å². The molecule has 0 aromatic heterocycles. The van der Waals surface area contributed by atoms with Crippen LogP contribution in [0.1, 0.15) is 31.9 Å². The van der Waals surface area contributed by atoms with Crippen molar-refractivity contribution in [3.8, 4) is 0 Å². The Bertz CT molecular complexity index is 926. The molecule has 38 heavy (non-hydrogen) atoms. The zero-order chi connectivity index (χ0) is 30.0. The molecule has 0 saturated heterocycles. The first kappa shape index (κ1) is 33.2. The van der Waals surface area contributed by atoms with Gasteiger partial charge < -0.3 is 18.9 Å². The molecular formula is C21H20F12O5. The molecule has 218 valence electrons. The van der Waals surface area contributed by atoms with Crippen LogP contribution in [-0.2, 0) is 30.1 Å². The van der Waals surface area contributed by atoms with Gasteiger partial charge in [-0.25, -0.2) is 4.79 Å². The lowest BCUT2D eigenvalue weighted by molar-refractivity contribution is -0.390. The molecule has 0 bridgehead atoms. The van der Waals surface area contributed by atoms with Crippen molar-refractivity contribution in [3.63, 3.8) is 0 Å². The summed E-state index contributed by atoms with van der Waals surface area (Å²) >= 11 is 0. The maximum Gasteiger partial charge on any atom is 0.510 e. The molecule has 0 atom stereocenters. The van der Waals surface area contributed by atoms with Gasteiger partial charge in [-0.1, -0.05) is 30.8 Å². The molecule has 0 aliphatic rings. The molecule has 0 radical (unpaired) electrons. The SMILES string of the molecule is C=COCCOC(c1ccc(C(OC(=O)OC(C)(C)C)(C(F)(F)F)C(F)(F)F)cc1)(C(F)(F)F)C(F)(F)F. The minimum atomic E-state index is -6.51. The predicted octanol–water partition coefficient (Wildman–Crippen LogP) is 7.45. The van der Waals surface area contributed by atoms with E-state index in [2.05, 4.69) is 25.5 Å². The zero-order valence-corrected chi connectivity index (χ0v) is 19.6. The molecule has 0 heterocycles. The van der Waals surface area contributed by atoms with Gasteiger partial charge in [-0.15, -0.1) is 0 Å². The van der Waals surface area contributed by atoms with Crippen LogP contribution in [0.2, 0.25) is 0 Å². The van der Waals surface area contributed by atoms with Gasteiger partial charge in [0.2, 0.25) is 0 Å². The van der Waals surface area contributed by atoms with Crippen molar-refractivity contribution in [2.24, 2.45) is 0 Å². The van der Waals surface area contributed by atoms with Gasteiger partial charge in [-0.3, -0.25) is 0 Å². The van der Waals surface area contributed by atoms with Crippen LogP contribution in [0.3, 0.4) is 0 Å². The largest absolute Gasteiger partial charge is 0.510 e. The number of carbonyl (C=O) groups excluding carboxylic acids is 1. The van der Waals surface area contributed by atoms with Gasteiger partial charge in [-0.05, 0) is 20.8 Å². The first-order chi connectivity index (χ1) is 16.9. The number of alkyl halides is 12. The average molecular weight is 580 g/mol. The maximum atomic E-state index is 13.8. The van der Waals surface area contributed by atoms with Gasteiger partial charge in [-0.2, -0.15) is 52.7 Å². The van der Waals surface area contributed by atoms with Crippen molar-refractivity contribution < 1.29 is 76.4 Å². The Labute approximate surface area is 207 Å². The van der Waals surface area contributed by atoms with Gasteiger partial charge in [0.1, 0.15) is 12.2 Å². The zero-order valence-electron chi connectivity index (χ0n) is 19.6. The van der Waals surface area contributed by atoms with Crippen LogP contribution in [0.15, 0.2) is 37.1 Å². The fraction of sp³-hybridized carbons (Fsp3) is 0.571. The topological polar surface area (TPSA) is 54.0 Å². The summed E-state index contributed by atoms with van der Waals surface area (Å²) in [4.78, 5) is 11.8. The van der Waals surface area contributed by atoms with Gasteiger partial charge >= 0.3 is 36.5 Å². The number of rotatable bonds is 8. The lowest BCUT2D eigenvalue weighted by atomic mass is 9.86. The van der Waals surface area contributed by atoms with Crippen LogP contribution in [0.5, 0.6) is 0 Å². The smallest absolute Gasteiger partial charge is 0.499 e. The van der Waals surface area contributed by atoms with E-state index in [1.54, 1.807) is 0 Å². The predicted molar refractivity (Wildman–Crippen MR) is 103 cm³/mol. The van der Waals surface area contributed by atoms with Crippen LogP contribution in [-0.4, -0.2) is 49.7 Å². The molecule has 0 spiro atoms. The average Bonchev–Trinajstić information content (AvgIpc) is 2.67. The molecule has 0 amide bonds. The Hall–Kier alpha value is -2.85. The summed E-state index contributed by atoms with van der Waals surface area (Å²) in [5.41, 5.74) is -16.3. The highest BCUT2D eigenvalue weighted by Crippen LogP contribution is 2.56. The van der Waals surface area contributed by atoms with Crippen LogP contribution in [0, 0.1) is 0 Å². The van der Waals surface area contributed by atoms with Crippen LogP contribution in [0.4, 0.5) is 57.5 Å². The van der Waals surface area contributed by atoms with E-state index in [0.717, 1.165) is 20.8 Å². The number of carbonyl (C=O) groups is 1. The van der Waals surface area contributed by atoms with Crippen molar-refractivity contribution >= 4 is 6.16 Å². The van der Waals surface area contributed by atoms with E-state index in [-0.39, 0.29) is 24.3 Å². The molecule has 1 aromatic rings. The highest BCUT2D eigenvalue weighted by molar-refractivity contribution is 5.62. The third-order valence-electron chi connectivity index (χ3n) is 4.56. The molecule has 0 unspecified atom stereocenters. The summed E-state index contributed by atoms with van der Waals surface area (Å²) in [5, 5.41) is 0. The van der Waals surface area contributed by atoms with Gasteiger partial charge in [0.25, 0.3) is 5.60 Å². The minimum absolute atomic E-state index is 0.310. The number of hydrogen-bond donors (Lipinski definition) is 0. The van der Waals surface area contributed by atoms with Gasteiger partial charge in [0.15, 0.2) is 0 Å².